The molecule has 1 aromatic carbocycles. The Bertz CT molecular complexity index is 376. The van der Waals surface area contributed by atoms with Crippen molar-refractivity contribution in [2.24, 2.45) is 0 Å². The van der Waals surface area contributed by atoms with Crippen molar-refractivity contribution in [1.82, 2.24) is 0 Å². The van der Waals surface area contributed by atoms with E-state index < -0.39 is 11.9 Å². The Hall–Kier alpha value is -1.49. The Balaban J connectivity index is 3.47. The summed E-state index contributed by atoms with van der Waals surface area (Å²) in [7, 11) is 0. The number of hydrogen-bond acceptors (Lipinski definition) is 3. The first kappa shape index (κ1) is 10.6. The number of aromatic carboxylic acids is 2. The highest BCUT2D eigenvalue weighted by Gasteiger charge is 2.15. The summed E-state index contributed by atoms with van der Waals surface area (Å²) in [6.07, 6.45) is 0. The van der Waals surface area contributed by atoms with Crippen LogP contribution >= 0.6 is 12.6 Å². The zero-order valence-electron chi connectivity index (χ0n) is 7.31. The van der Waals surface area contributed by atoms with Crippen LogP contribution in [0, 0.1) is 6.92 Å². The van der Waals surface area contributed by atoms with E-state index in [0.717, 1.165) is 0 Å². The molecule has 0 saturated carbocycles. The molecule has 0 radical (unpaired) electrons. The maximum Gasteiger partial charge on any atom is 0.336 e. The minimum Gasteiger partial charge on any atom is -0.478 e. The average Bonchev–Trinajstić information content (AvgIpc) is 2.07. The minimum atomic E-state index is -1.15. The van der Waals surface area contributed by atoms with E-state index in [1.165, 1.54) is 19.1 Å². The fourth-order valence-corrected chi connectivity index (χ4v) is 1.40. The fraction of sp³-hybridized carbons (Fsp3) is 0.111. The zero-order valence-corrected chi connectivity index (χ0v) is 8.21. The van der Waals surface area contributed by atoms with Gasteiger partial charge >= 0.3 is 11.9 Å². The van der Waals surface area contributed by atoms with E-state index >= 15 is 0 Å². The lowest BCUT2D eigenvalue weighted by molar-refractivity contribution is 0.0696. The molecule has 0 aliphatic carbocycles. The lowest BCUT2D eigenvalue weighted by Crippen LogP contribution is -2.07. The third-order valence-electron chi connectivity index (χ3n) is 1.85. The van der Waals surface area contributed by atoms with E-state index in [9.17, 15) is 9.59 Å². The molecule has 14 heavy (non-hydrogen) atoms. The molecule has 0 bridgehead atoms. The zero-order chi connectivity index (χ0) is 10.9. The topological polar surface area (TPSA) is 74.6 Å². The Morgan fingerprint density at radius 1 is 1.14 bits per heavy atom. The van der Waals surface area contributed by atoms with Crippen molar-refractivity contribution in [2.45, 2.75) is 11.8 Å². The van der Waals surface area contributed by atoms with Crippen molar-refractivity contribution in [3.63, 3.8) is 0 Å². The molecule has 5 heteroatoms. The summed E-state index contributed by atoms with van der Waals surface area (Å²) < 4.78 is 0. The third-order valence-corrected chi connectivity index (χ3v) is 2.11. The maximum atomic E-state index is 10.7. The molecule has 74 valence electrons. The van der Waals surface area contributed by atoms with Crippen LogP contribution < -0.4 is 0 Å². The van der Waals surface area contributed by atoms with Gasteiger partial charge in [0, 0.05) is 4.90 Å². The van der Waals surface area contributed by atoms with Gasteiger partial charge in [-0.05, 0) is 24.6 Å². The van der Waals surface area contributed by atoms with Gasteiger partial charge in [0.2, 0.25) is 0 Å². The largest absolute Gasteiger partial charge is 0.478 e. The number of carboxylic acids is 2. The van der Waals surface area contributed by atoms with Gasteiger partial charge in [0.1, 0.15) is 0 Å². The monoisotopic (exact) mass is 212 g/mol. The van der Waals surface area contributed by atoms with Crippen LogP contribution in [-0.4, -0.2) is 22.2 Å². The normalized spacial score (nSPS) is 9.86. The predicted octanol–water partition coefficient (Wildman–Crippen LogP) is 1.68. The molecule has 0 aromatic heterocycles. The van der Waals surface area contributed by atoms with Crippen molar-refractivity contribution in [3.8, 4) is 0 Å². The standard InChI is InChI=1S/C9H8O4S/c1-4-6(8(10)11)2-5(14)3-7(4)9(12)13/h2-3,14H,1H3,(H,10,11)(H,12,13). The second kappa shape index (κ2) is 3.71. The summed E-state index contributed by atoms with van der Waals surface area (Å²) in [4.78, 5) is 21.8. The van der Waals surface area contributed by atoms with Crippen LogP contribution in [-0.2, 0) is 0 Å². The summed E-state index contributed by atoms with van der Waals surface area (Å²) in [6, 6.07) is 2.65. The highest BCUT2D eigenvalue weighted by molar-refractivity contribution is 7.80. The van der Waals surface area contributed by atoms with Crippen LogP contribution in [0.5, 0.6) is 0 Å². The molecular weight excluding hydrogens is 204 g/mol. The summed E-state index contributed by atoms with van der Waals surface area (Å²) in [5, 5.41) is 17.5. The number of hydrogen-bond donors (Lipinski definition) is 3. The van der Waals surface area contributed by atoms with Gasteiger partial charge in [-0.1, -0.05) is 0 Å². The van der Waals surface area contributed by atoms with Crippen LogP contribution in [0.15, 0.2) is 17.0 Å². The molecule has 1 aromatic rings. The Labute approximate surface area is 85.6 Å². The third kappa shape index (κ3) is 1.88. The molecule has 0 spiro atoms. The number of thiol groups is 1. The second-order valence-corrected chi connectivity index (χ2v) is 3.29. The number of benzene rings is 1. The molecule has 1 rings (SSSR count). The summed E-state index contributed by atoms with van der Waals surface area (Å²) in [5.41, 5.74) is 0.174. The fourth-order valence-electron chi connectivity index (χ4n) is 1.14. The van der Waals surface area contributed by atoms with Crippen molar-refractivity contribution < 1.29 is 19.8 Å². The smallest absolute Gasteiger partial charge is 0.336 e. The SMILES string of the molecule is Cc1c(C(=O)O)cc(S)cc1C(=O)O. The van der Waals surface area contributed by atoms with Gasteiger partial charge in [-0.25, -0.2) is 9.59 Å². The molecule has 0 aliphatic heterocycles. The summed E-state index contributed by atoms with van der Waals surface area (Å²) in [6.45, 7) is 1.46. The first-order valence-electron chi connectivity index (χ1n) is 3.73. The van der Waals surface area contributed by atoms with Crippen LogP contribution in [0.4, 0.5) is 0 Å². The summed E-state index contributed by atoms with van der Waals surface area (Å²) in [5.74, 6) is -2.30. The van der Waals surface area contributed by atoms with Crippen molar-refractivity contribution in [2.75, 3.05) is 0 Å². The molecule has 2 N–H and O–H groups in total. The van der Waals surface area contributed by atoms with Crippen LogP contribution in [0.1, 0.15) is 26.3 Å². The molecule has 0 fully saturated rings. The Morgan fingerprint density at radius 3 is 1.79 bits per heavy atom. The first-order chi connectivity index (χ1) is 6.43. The van der Waals surface area contributed by atoms with Gasteiger partial charge in [0.05, 0.1) is 11.1 Å². The maximum absolute atomic E-state index is 10.7. The highest BCUT2D eigenvalue weighted by Crippen LogP contribution is 2.19. The van der Waals surface area contributed by atoms with Crippen molar-refractivity contribution >= 4 is 24.6 Å². The lowest BCUT2D eigenvalue weighted by atomic mass is 10.0. The van der Waals surface area contributed by atoms with Crippen LogP contribution in [0.3, 0.4) is 0 Å². The lowest BCUT2D eigenvalue weighted by Gasteiger charge is -2.05. The summed E-state index contributed by atoms with van der Waals surface area (Å²) >= 11 is 3.93. The number of rotatable bonds is 2. The molecule has 0 aliphatic rings. The van der Waals surface area contributed by atoms with Gasteiger partial charge < -0.3 is 10.2 Å². The molecule has 0 atom stereocenters. The van der Waals surface area contributed by atoms with Gasteiger partial charge in [0.25, 0.3) is 0 Å². The van der Waals surface area contributed by atoms with Crippen molar-refractivity contribution in [3.05, 3.63) is 28.8 Å². The van der Waals surface area contributed by atoms with Gasteiger partial charge in [-0.15, -0.1) is 12.6 Å². The van der Waals surface area contributed by atoms with Crippen LogP contribution in [0.2, 0.25) is 0 Å². The highest BCUT2D eigenvalue weighted by atomic mass is 32.1. The average molecular weight is 212 g/mol. The minimum absolute atomic E-state index is 0.0325. The van der Waals surface area contributed by atoms with E-state index in [0.29, 0.717) is 4.90 Å². The van der Waals surface area contributed by atoms with Gasteiger partial charge in [-0.3, -0.25) is 0 Å². The first-order valence-corrected chi connectivity index (χ1v) is 4.18. The van der Waals surface area contributed by atoms with Gasteiger partial charge in [-0.2, -0.15) is 0 Å². The van der Waals surface area contributed by atoms with Crippen LogP contribution in [0.25, 0.3) is 0 Å². The molecule has 4 nitrogen and oxygen atoms in total. The molecule has 0 unspecified atom stereocenters. The quantitative estimate of drug-likeness (QED) is 0.652. The molecule has 0 saturated heterocycles. The van der Waals surface area contributed by atoms with Gasteiger partial charge in [0.15, 0.2) is 0 Å². The predicted molar refractivity (Wildman–Crippen MR) is 52.3 cm³/mol. The van der Waals surface area contributed by atoms with E-state index in [-0.39, 0.29) is 16.7 Å². The molecule has 0 heterocycles. The van der Waals surface area contributed by atoms with Crippen molar-refractivity contribution in [1.29, 1.82) is 0 Å². The number of carbonyl (C=O) groups is 2. The van der Waals surface area contributed by atoms with E-state index in [1.807, 2.05) is 0 Å². The Morgan fingerprint density at radius 2 is 1.50 bits per heavy atom. The molecule has 0 amide bonds. The Kier molecular flexibility index (Phi) is 2.81. The van der Waals surface area contributed by atoms with E-state index in [4.69, 9.17) is 10.2 Å². The van der Waals surface area contributed by atoms with E-state index in [1.54, 1.807) is 0 Å². The molecular formula is C9H8O4S. The van der Waals surface area contributed by atoms with E-state index in [2.05, 4.69) is 12.6 Å². The number of carboxylic acid groups (broad SMARTS) is 2. The second-order valence-electron chi connectivity index (χ2n) is 2.78.